The lowest BCUT2D eigenvalue weighted by atomic mass is 10.2. The normalized spacial score (nSPS) is 10.8. The number of aromatic amines is 1. The van der Waals surface area contributed by atoms with Gasteiger partial charge in [-0.05, 0) is 36.4 Å². The number of carbonyl (C=O) groups is 1. The van der Waals surface area contributed by atoms with Crippen LogP contribution in [-0.4, -0.2) is 37.2 Å². The Labute approximate surface area is 167 Å². The molecule has 8 nitrogen and oxygen atoms in total. The minimum Gasteiger partial charge on any atom is -0.475 e. The number of fused-ring (bicyclic) bond motifs is 1. The van der Waals surface area contributed by atoms with Gasteiger partial charge in [0, 0.05) is 35.6 Å². The molecule has 0 saturated heterocycles. The van der Waals surface area contributed by atoms with E-state index in [1.54, 1.807) is 24.7 Å². The maximum atomic E-state index is 10.6. The van der Waals surface area contributed by atoms with Gasteiger partial charge in [0.1, 0.15) is 5.75 Å². The van der Waals surface area contributed by atoms with E-state index < -0.39 is 12.1 Å². The van der Waals surface area contributed by atoms with E-state index in [1.807, 2.05) is 42.6 Å². The topological polar surface area (TPSA) is 113 Å². The summed E-state index contributed by atoms with van der Waals surface area (Å²) in [6.07, 6.45) is 1.88. The molecule has 3 aromatic heterocycles. The highest BCUT2D eigenvalue weighted by atomic mass is 19.4. The molecule has 4 aromatic rings. The van der Waals surface area contributed by atoms with Gasteiger partial charge in [-0.15, -0.1) is 0 Å². The number of aromatic nitrogens is 4. The van der Waals surface area contributed by atoms with Gasteiger partial charge < -0.3 is 20.1 Å². The van der Waals surface area contributed by atoms with E-state index in [1.165, 1.54) is 0 Å². The van der Waals surface area contributed by atoms with E-state index in [0.717, 1.165) is 22.3 Å². The van der Waals surface area contributed by atoms with Crippen LogP contribution in [0.5, 0.6) is 11.6 Å². The van der Waals surface area contributed by atoms with Crippen LogP contribution in [0.15, 0.2) is 67.3 Å². The van der Waals surface area contributed by atoms with E-state index in [4.69, 9.17) is 14.6 Å². The Morgan fingerprint density at radius 2 is 1.93 bits per heavy atom. The molecule has 0 aliphatic heterocycles. The Kier molecular flexibility index (Phi) is 6.11. The largest absolute Gasteiger partial charge is 0.490 e. The molecular weight excluding hydrogens is 403 g/mol. The number of carboxylic acids is 1. The number of anilines is 2. The number of benzene rings is 1. The van der Waals surface area contributed by atoms with Crippen LogP contribution in [0.1, 0.15) is 0 Å². The molecule has 0 fully saturated rings. The number of alkyl halides is 3. The molecule has 30 heavy (non-hydrogen) atoms. The molecule has 0 spiro atoms. The van der Waals surface area contributed by atoms with Crippen LogP contribution >= 0.6 is 0 Å². The van der Waals surface area contributed by atoms with Crippen LogP contribution in [0.2, 0.25) is 0 Å². The lowest BCUT2D eigenvalue weighted by Crippen LogP contribution is -2.21. The average Bonchev–Trinajstić information content (AvgIpc) is 3.17. The van der Waals surface area contributed by atoms with Gasteiger partial charge in [0.25, 0.3) is 0 Å². The molecule has 0 radical (unpaired) electrons. The summed E-state index contributed by atoms with van der Waals surface area (Å²) in [5.41, 5.74) is 1.89. The number of nitrogens with zero attached hydrogens (tertiary/aromatic N) is 3. The van der Waals surface area contributed by atoms with Gasteiger partial charge in [-0.1, -0.05) is 0 Å². The standard InChI is InChI=1S/C17H13N5O.C2HF3O2/c1-2-13(11-18-7-1)21-17-20-9-6-16(22-17)23-14-3-4-15-12(10-14)5-8-19-15;3-2(4,5)1(6)7/h1-11,19H,(H,20,21,22);(H,6,7). The number of pyridine rings is 1. The molecular formula is C19H14F3N5O3. The molecule has 0 saturated carbocycles. The number of rotatable bonds is 4. The summed E-state index contributed by atoms with van der Waals surface area (Å²) in [6.45, 7) is 0. The minimum atomic E-state index is -5.08. The molecule has 11 heteroatoms. The number of carboxylic acid groups (broad SMARTS) is 1. The summed E-state index contributed by atoms with van der Waals surface area (Å²) in [4.78, 5) is 24.6. The van der Waals surface area contributed by atoms with Gasteiger partial charge >= 0.3 is 12.1 Å². The zero-order valence-electron chi connectivity index (χ0n) is 15.1. The minimum absolute atomic E-state index is 0.457. The summed E-state index contributed by atoms with van der Waals surface area (Å²) >= 11 is 0. The van der Waals surface area contributed by atoms with Crippen molar-refractivity contribution in [3.63, 3.8) is 0 Å². The van der Waals surface area contributed by atoms with Crippen LogP contribution < -0.4 is 10.1 Å². The molecule has 0 aliphatic rings. The lowest BCUT2D eigenvalue weighted by Gasteiger charge is -2.07. The number of hydrogen-bond acceptors (Lipinski definition) is 6. The number of ether oxygens (including phenoxy) is 1. The number of nitrogens with one attached hydrogen (secondary N) is 2. The summed E-state index contributed by atoms with van der Waals surface area (Å²) in [7, 11) is 0. The third-order valence-corrected chi connectivity index (χ3v) is 3.54. The first-order chi connectivity index (χ1) is 14.3. The summed E-state index contributed by atoms with van der Waals surface area (Å²) in [5, 5.41) is 11.3. The first kappa shape index (κ1) is 20.6. The van der Waals surface area contributed by atoms with Gasteiger partial charge in [-0.3, -0.25) is 4.98 Å². The summed E-state index contributed by atoms with van der Waals surface area (Å²) in [5.74, 6) is -1.10. The first-order valence-electron chi connectivity index (χ1n) is 8.36. The van der Waals surface area contributed by atoms with Gasteiger partial charge in [-0.2, -0.15) is 18.2 Å². The maximum absolute atomic E-state index is 10.6. The SMILES string of the molecule is O=C(O)C(F)(F)F.c1cncc(Nc2nccc(Oc3ccc4[nH]ccc4c3)n2)c1. The summed E-state index contributed by atoms with van der Waals surface area (Å²) in [6, 6.07) is 13.3. The van der Waals surface area contributed by atoms with Crippen molar-refractivity contribution < 1.29 is 27.8 Å². The van der Waals surface area contributed by atoms with Crippen molar-refractivity contribution in [3.05, 3.63) is 67.3 Å². The zero-order chi connectivity index (χ0) is 21.6. The van der Waals surface area contributed by atoms with E-state index >= 15 is 0 Å². The second-order valence-corrected chi connectivity index (χ2v) is 5.72. The smallest absolute Gasteiger partial charge is 0.475 e. The fraction of sp³-hybridized carbons (Fsp3) is 0.0526. The van der Waals surface area contributed by atoms with Crippen LogP contribution in [0, 0.1) is 0 Å². The van der Waals surface area contributed by atoms with Crippen LogP contribution in [0.3, 0.4) is 0 Å². The predicted octanol–water partition coefficient (Wildman–Crippen LogP) is 4.52. The molecule has 0 atom stereocenters. The fourth-order valence-electron chi connectivity index (χ4n) is 2.24. The molecule has 0 amide bonds. The van der Waals surface area contributed by atoms with Crippen molar-refractivity contribution in [1.29, 1.82) is 0 Å². The Bertz CT molecular complexity index is 1130. The molecule has 0 bridgehead atoms. The van der Waals surface area contributed by atoms with Gasteiger partial charge in [0.05, 0.1) is 11.9 Å². The highest BCUT2D eigenvalue weighted by Crippen LogP contribution is 2.24. The Balaban J connectivity index is 0.000000318. The molecule has 0 aliphatic carbocycles. The zero-order valence-corrected chi connectivity index (χ0v) is 15.1. The van der Waals surface area contributed by atoms with E-state index in [0.29, 0.717) is 11.8 Å². The van der Waals surface area contributed by atoms with Crippen molar-refractivity contribution in [1.82, 2.24) is 19.9 Å². The molecule has 4 rings (SSSR count). The van der Waals surface area contributed by atoms with Gasteiger partial charge in [-0.25, -0.2) is 9.78 Å². The molecule has 1 aromatic carbocycles. The number of aliphatic carboxylic acids is 1. The number of H-pyrrole nitrogens is 1. The third kappa shape index (κ3) is 5.67. The van der Waals surface area contributed by atoms with E-state index in [-0.39, 0.29) is 0 Å². The Morgan fingerprint density at radius 3 is 2.63 bits per heavy atom. The quantitative estimate of drug-likeness (QED) is 0.447. The van der Waals surface area contributed by atoms with Gasteiger partial charge in [0.15, 0.2) is 0 Å². The summed E-state index contributed by atoms with van der Waals surface area (Å²) < 4.78 is 37.5. The molecule has 0 unspecified atom stereocenters. The van der Waals surface area contributed by atoms with Crippen molar-refractivity contribution in [2.75, 3.05) is 5.32 Å². The predicted molar refractivity (Wildman–Crippen MR) is 102 cm³/mol. The van der Waals surface area contributed by atoms with Crippen molar-refractivity contribution in [2.24, 2.45) is 0 Å². The monoisotopic (exact) mass is 417 g/mol. The average molecular weight is 417 g/mol. The van der Waals surface area contributed by atoms with Crippen molar-refractivity contribution in [3.8, 4) is 11.6 Å². The number of halogens is 3. The van der Waals surface area contributed by atoms with Crippen LogP contribution in [0.25, 0.3) is 10.9 Å². The van der Waals surface area contributed by atoms with Crippen LogP contribution in [0.4, 0.5) is 24.8 Å². The number of hydrogen-bond donors (Lipinski definition) is 3. The second kappa shape index (κ2) is 8.90. The first-order valence-corrected chi connectivity index (χ1v) is 8.36. The maximum Gasteiger partial charge on any atom is 0.490 e. The van der Waals surface area contributed by atoms with E-state index in [9.17, 15) is 13.2 Å². The molecule has 154 valence electrons. The highest BCUT2D eigenvalue weighted by Gasteiger charge is 2.38. The van der Waals surface area contributed by atoms with Gasteiger partial charge in [0.2, 0.25) is 11.8 Å². The Morgan fingerprint density at radius 1 is 1.13 bits per heavy atom. The molecule has 3 heterocycles. The second-order valence-electron chi connectivity index (χ2n) is 5.72. The fourth-order valence-corrected chi connectivity index (χ4v) is 2.24. The van der Waals surface area contributed by atoms with Crippen molar-refractivity contribution >= 4 is 28.5 Å². The van der Waals surface area contributed by atoms with Crippen LogP contribution in [-0.2, 0) is 4.79 Å². The van der Waals surface area contributed by atoms with Crippen molar-refractivity contribution in [2.45, 2.75) is 6.18 Å². The molecule has 3 N–H and O–H groups in total. The van der Waals surface area contributed by atoms with E-state index in [2.05, 4.69) is 25.3 Å². The lowest BCUT2D eigenvalue weighted by molar-refractivity contribution is -0.192. The highest BCUT2D eigenvalue weighted by molar-refractivity contribution is 5.80. The Hall–Kier alpha value is -4.15. The third-order valence-electron chi connectivity index (χ3n) is 3.54.